The van der Waals surface area contributed by atoms with Gasteiger partial charge < -0.3 is 14.8 Å². The smallest absolute Gasteiger partial charge is 0.343 e. The molecule has 1 rings (SSSR count). The van der Waals surface area contributed by atoms with Crippen LogP contribution in [0.5, 0.6) is 5.75 Å². The predicted molar refractivity (Wildman–Crippen MR) is 38.4 cm³/mol. The lowest BCUT2D eigenvalue weighted by Crippen LogP contribution is -2.02. The van der Waals surface area contributed by atoms with Crippen molar-refractivity contribution in [2.75, 3.05) is 6.61 Å². The molecule has 1 aromatic rings. The highest BCUT2D eigenvalue weighted by molar-refractivity contribution is 5.92. The fraction of sp³-hybridized carbons (Fsp3) is 0.286. The van der Waals surface area contributed by atoms with E-state index in [1.165, 1.54) is 12.4 Å². The van der Waals surface area contributed by atoms with E-state index in [9.17, 15) is 4.79 Å². The van der Waals surface area contributed by atoms with Gasteiger partial charge in [0.05, 0.1) is 6.61 Å². The highest BCUT2D eigenvalue weighted by Crippen LogP contribution is 2.15. The molecule has 0 aliphatic carbocycles. The van der Waals surface area contributed by atoms with Crippen LogP contribution in [0.1, 0.15) is 17.3 Å². The first-order valence-electron chi connectivity index (χ1n) is 3.28. The molecule has 0 radical (unpaired) electrons. The Kier molecular flexibility index (Phi) is 2.15. The third-order valence-corrected chi connectivity index (χ3v) is 1.22. The average molecular weight is 155 g/mol. The van der Waals surface area contributed by atoms with Gasteiger partial charge in [-0.2, -0.15) is 0 Å². The number of hydrogen-bond acceptors (Lipinski definition) is 3. The minimum Gasteiger partial charge on any atom is -0.505 e. The van der Waals surface area contributed by atoms with Gasteiger partial charge in [0.2, 0.25) is 0 Å². The third-order valence-electron chi connectivity index (χ3n) is 1.22. The molecule has 0 saturated carbocycles. The quantitative estimate of drug-likeness (QED) is 0.623. The van der Waals surface area contributed by atoms with Gasteiger partial charge in [-0.3, -0.25) is 0 Å². The van der Waals surface area contributed by atoms with E-state index in [4.69, 9.17) is 5.11 Å². The number of ether oxygens (including phenoxy) is 1. The van der Waals surface area contributed by atoms with Crippen LogP contribution in [0.2, 0.25) is 0 Å². The van der Waals surface area contributed by atoms with Crippen LogP contribution in [-0.4, -0.2) is 22.7 Å². The van der Waals surface area contributed by atoms with Crippen LogP contribution in [0.3, 0.4) is 0 Å². The molecule has 1 heterocycles. The zero-order valence-corrected chi connectivity index (χ0v) is 6.13. The average Bonchev–Trinajstić information content (AvgIpc) is 2.36. The summed E-state index contributed by atoms with van der Waals surface area (Å²) in [5.41, 5.74) is 0.173. The lowest BCUT2D eigenvalue weighted by molar-refractivity contribution is 0.0523. The Hall–Kier alpha value is -1.45. The van der Waals surface area contributed by atoms with E-state index in [0.717, 1.165) is 0 Å². The molecule has 2 N–H and O–H groups in total. The van der Waals surface area contributed by atoms with E-state index < -0.39 is 5.97 Å². The van der Waals surface area contributed by atoms with E-state index >= 15 is 0 Å². The van der Waals surface area contributed by atoms with E-state index in [1.807, 2.05) is 0 Å². The Labute approximate surface area is 63.8 Å². The Morgan fingerprint density at radius 3 is 2.91 bits per heavy atom. The van der Waals surface area contributed by atoms with Crippen molar-refractivity contribution in [1.29, 1.82) is 0 Å². The largest absolute Gasteiger partial charge is 0.505 e. The van der Waals surface area contributed by atoms with Crippen molar-refractivity contribution in [2.24, 2.45) is 0 Å². The van der Waals surface area contributed by atoms with E-state index in [2.05, 4.69) is 9.72 Å². The lowest BCUT2D eigenvalue weighted by atomic mass is 10.3. The van der Waals surface area contributed by atoms with Crippen molar-refractivity contribution in [3.05, 3.63) is 18.0 Å². The molecule has 0 spiro atoms. The molecule has 11 heavy (non-hydrogen) atoms. The Morgan fingerprint density at radius 1 is 1.73 bits per heavy atom. The van der Waals surface area contributed by atoms with Crippen molar-refractivity contribution >= 4 is 5.97 Å². The summed E-state index contributed by atoms with van der Waals surface area (Å²) in [6, 6.07) is 0. The number of rotatable bonds is 2. The van der Waals surface area contributed by atoms with Gasteiger partial charge in [-0.15, -0.1) is 0 Å². The molecule has 4 heteroatoms. The van der Waals surface area contributed by atoms with Crippen LogP contribution in [0, 0.1) is 0 Å². The summed E-state index contributed by atoms with van der Waals surface area (Å²) in [7, 11) is 0. The van der Waals surface area contributed by atoms with Crippen LogP contribution >= 0.6 is 0 Å². The number of carbonyl (C=O) groups is 1. The molecular weight excluding hydrogens is 146 g/mol. The first kappa shape index (κ1) is 7.65. The number of nitrogens with one attached hydrogen (secondary N) is 1. The molecule has 0 fully saturated rings. The minimum absolute atomic E-state index is 0.0801. The summed E-state index contributed by atoms with van der Waals surface area (Å²) in [4.78, 5) is 13.5. The maximum atomic E-state index is 10.9. The second kappa shape index (κ2) is 3.09. The summed E-state index contributed by atoms with van der Waals surface area (Å²) >= 11 is 0. The highest BCUT2D eigenvalue weighted by Gasteiger charge is 2.11. The second-order valence-corrected chi connectivity index (χ2v) is 1.97. The fourth-order valence-electron chi connectivity index (χ4n) is 0.728. The zero-order valence-electron chi connectivity index (χ0n) is 6.13. The molecule has 4 nitrogen and oxygen atoms in total. The van der Waals surface area contributed by atoms with Crippen LogP contribution in [0.4, 0.5) is 0 Å². The highest BCUT2D eigenvalue weighted by atomic mass is 16.5. The minimum atomic E-state index is -0.508. The molecule has 0 aliphatic rings. The summed E-state index contributed by atoms with van der Waals surface area (Å²) in [5, 5.41) is 9.02. The van der Waals surface area contributed by atoms with Gasteiger partial charge >= 0.3 is 5.97 Å². The molecule has 0 amide bonds. The molecular formula is C7H9NO3. The Balaban J connectivity index is 2.76. The number of hydrogen-bond donors (Lipinski definition) is 2. The summed E-state index contributed by atoms with van der Waals surface area (Å²) in [6.45, 7) is 2.02. The first-order valence-corrected chi connectivity index (χ1v) is 3.28. The van der Waals surface area contributed by atoms with Crippen molar-refractivity contribution in [3.63, 3.8) is 0 Å². The standard InChI is InChI=1S/C7H9NO3/c1-2-11-7(10)5-3-8-4-6(5)9/h3-4,8-9H,2H2,1H3. The van der Waals surface area contributed by atoms with E-state index in [1.54, 1.807) is 6.92 Å². The van der Waals surface area contributed by atoms with Gasteiger partial charge in [-0.1, -0.05) is 0 Å². The monoisotopic (exact) mass is 155 g/mol. The molecule has 60 valence electrons. The van der Waals surface area contributed by atoms with Crippen LogP contribution in [-0.2, 0) is 4.74 Å². The SMILES string of the molecule is CCOC(=O)c1c[nH]cc1O. The molecule has 1 aromatic heterocycles. The van der Waals surface area contributed by atoms with Crippen molar-refractivity contribution in [3.8, 4) is 5.75 Å². The maximum absolute atomic E-state index is 10.9. The van der Waals surface area contributed by atoms with E-state index in [-0.39, 0.29) is 11.3 Å². The summed E-state index contributed by atoms with van der Waals surface area (Å²) in [6.07, 6.45) is 2.72. The molecule has 0 saturated heterocycles. The number of esters is 1. The van der Waals surface area contributed by atoms with Crippen molar-refractivity contribution in [2.45, 2.75) is 6.92 Å². The third kappa shape index (κ3) is 1.52. The van der Waals surface area contributed by atoms with E-state index in [0.29, 0.717) is 6.61 Å². The molecule has 0 aromatic carbocycles. The van der Waals surface area contributed by atoms with Gasteiger partial charge in [0, 0.05) is 12.4 Å². The number of H-pyrrole nitrogens is 1. The number of aromatic amines is 1. The van der Waals surface area contributed by atoms with Gasteiger partial charge in [0.25, 0.3) is 0 Å². The van der Waals surface area contributed by atoms with Crippen LogP contribution in [0.15, 0.2) is 12.4 Å². The van der Waals surface area contributed by atoms with Gasteiger partial charge in [0.1, 0.15) is 11.3 Å². The normalized spacial score (nSPS) is 9.55. The van der Waals surface area contributed by atoms with Gasteiger partial charge in [0.15, 0.2) is 0 Å². The zero-order chi connectivity index (χ0) is 8.27. The van der Waals surface area contributed by atoms with Crippen LogP contribution in [0.25, 0.3) is 0 Å². The summed E-state index contributed by atoms with van der Waals surface area (Å²) in [5.74, 6) is -0.588. The van der Waals surface area contributed by atoms with Crippen molar-refractivity contribution in [1.82, 2.24) is 4.98 Å². The number of aromatic hydroxyl groups is 1. The lowest BCUT2D eigenvalue weighted by Gasteiger charge is -1.97. The van der Waals surface area contributed by atoms with Crippen LogP contribution < -0.4 is 0 Å². The summed E-state index contributed by atoms with van der Waals surface area (Å²) < 4.78 is 4.65. The topological polar surface area (TPSA) is 62.3 Å². The Morgan fingerprint density at radius 2 is 2.45 bits per heavy atom. The molecule has 0 unspecified atom stereocenters. The van der Waals surface area contributed by atoms with Crippen molar-refractivity contribution < 1.29 is 14.6 Å². The predicted octanol–water partition coefficient (Wildman–Crippen LogP) is 0.897. The first-order chi connectivity index (χ1) is 5.25. The molecule has 0 atom stereocenters. The second-order valence-electron chi connectivity index (χ2n) is 1.97. The fourth-order valence-corrected chi connectivity index (χ4v) is 0.728. The molecule has 0 aliphatic heterocycles. The number of aromatic nitrogens is 1. The van der Waals surface area contributed by atoms with Gasteiger partial charge in [-0.25, -0.2) is 4.79 Å². The van der Waals surface area contributed by atoms with Gasteiger partial charge in [-0.05, 0) is 6.92 Å². The number of carbonyl (C=O) groups excluding carboxylic acids is 1. The molecule has 0 bridgehead atoms. The maximum Gasteiger partial charge on any atom is 0.343 e. The Bertz CT molecular complexity index is 254.